The molecule has 0 saturated carbocycles. The van der Waals surface area contributed by atoms with Crippen LogP contribution in [0.4, 0.5) is 5.95 Å². The summed E-state index contributed by atoms with van der Waals surface area (Å²) in [7, 11) is 0. The van der Waals surface area contributed by atoms with Gasteiger partial charge in [0.05, 0.1) is 18.5 Å². The minimum atomic E-state index is 0.0336. The standard InChI is InChI=1S/C18H24N4O2/c1-13-4-8-22(9-5-13)18-19-16-12-21(11-14-3-2-10-24-14)7-6-15(16)17(23)20-18/h2-3,10,13H,4-9,11-12H2,1H3,(H,19,20,23). The smallest absolute Gasteiger partial charge is 0.255 e. The Morgan fingerprint density at radius 1 is 1.33 bits per heavy atom. The molecule has 2 aromatic heterocycles. The van der Waals surface area contributed by atoms with Crippen LogP contribution in [0.25, 0.3) is 0 Å². The van der Waals surface area contributed by atoms with E-state index in [1.807, 2.05) is 12.1 Å². The number of hydrogen-bond acceptors (Lipinski definition) is 5. The van der Waals surface area contributed by atoms with E-state index >= 15 is 0 Å². The molecule has 0 aliphatic carbocycles. The Bertz CT molecular complexity index is 745. The van der Waals surface area contributed by atoms with Gasteiger partial charge in [-0.15, -0.1) is 0 Å². The van der Waals surface area contributed by atoms with Gasteiger partial charge in [0.15, 0.2) is 0 Å². The highest BCUT2D eigenvalue weighted by Gasteiger charge is 2.24. The molecular weight excluding hydrogens is 304 g/mol. The second kappa shape index (κ2) is 6.43. The van der Waals surface area contributed by atoms with Crippen LogP contribution in [-0.2, 0) is 19.5 Å². The van der Waals surface area contributed by atoms with Gasteiger partial charge in [0.25, 0.3) is 5.56 Å². The molecule has 0 bridgehead atoms. The van der Waals surface area contributed by atoms with Crippen LogP contribution in [-0.4, -0.2) is 34.5 Å². The van der Waals surface area contributed by atoms with E-state index in [1.54, 1.807) is 6.26 Å². The Morgan fingerprint density at radius 2 is 2.17 bits per heavy atom. The lowest BCUT2D eigenvalue weighted by molar-refractivity contribution is 0.221. The number of piperidine rings is 1. The Hall–Kier alpha value is -2.08. The van der Waals surface area contributed by atoms with Crippen molar-refractivity contribution < 1.29 is 4.42 Å². The summed E-state index contributed by atoms with van der Waals surface area (Å²) in [5.41, 5.74) is 1.80. The quantitative estimate of drug-likeness (QED) is 0.935. The first-order valence-electron chi connectivity index (χ1n) is 8.81. The molecule has 0 atom stereocenters. The van der Waals surface area contributed by atoms with E-state index in [4.69, 9.17) is 9.40 Å². The molecule has 1 saturated heterocycles. The molecule has 4 heterocycles. The summed E-state index contributed by atoms with van der Waals surface area (Å²) in [4.78, 5) is 24.8. The van der Waals surface area contributed by atoms with E-state index in [1.165, 1.54) is 0 Å². The van der Waals surface area contributed by atoms with Crippen molar-refractivity contribution in [2.24, 2.45) is 5.92 Å². The molecule has 1 N–H and O–H groups in total. The Morgan fingerprint density at radius 3 is 2.92 bits per heavy atom. The molecule has 6 heteroatoms. The number of fused-ring (bicyclic) bond motifs is 1. The van der Waals surface area contributed by atoms with Gasteiger partial charge in [0, 0.05) is 31.7 Å². The summed E-state index contributed by atoms with van der Waals surface area (Å²) in [6.45, 7) is 6.55. The average Bonchev–Trinajstić information content (AvgIpc) is 3.08. The molecule has 0 amide bonds. The van der Waals surface area contributed by atoms with Gasteiger partial charge in [0.1, 0.15) is 5.76 Å². The lowest BCUT2D eigenvalue weighted by Gasteiger charge is -2.32. The fourth-order valence-corrected chi connectivity index (χ4v) is 3.61. The number of rotatable bonds is 3. The van der Waals surface area contributed by atoms with Crippen molar-refractivity contribution in [1.82, 2.24) is 14.9 Å². The summed E-state index contributed by atoms with van der Waals surface area (Å²) in [6.07, 6.45) is 4.76. The van der Waals surface area contributed by atoms with Gasteiger partial charge in [-0.05, 0) is 37.3 Å². The Balaban J connectivity index is 1.54. The van der Waals surface area contributed by atoms with Gasteiger partial charge in [-0.2, -0.15) is 0 Å². The van der Waals surface area contributed by atoms with E-state index < -0.39 is 0 Å². The van der Waals surface area contributed by atoms with Crippen LogP contribution in [0.3, 0.4) is 0 Å². The van der Waals surface area contributed by atoms with Crippen LogP contribution in [0.2, 0.25) is 0 Å². The first-order chi connectivity index (χ1) is 11.7. The van der Waals surface area contributed by atoms with E-state index in [0.29, 0.717) is 6.54 Å². The van der Waals surface area contributed by atoms with Crippen molar-refractivity contribution in [3.05, 3.63) is 45.8 Å². The number of hydrogen-bond donors (Lipinski definition) is 1. The minimum Gasteiger partial charge on any atom is -0.468 e. The van der Waals surface area contributed by atoms with Crippen LogP contribution in [0.5, 0.6) is 0 Å². The zero-order valence-corrected chi connectivity index (χ0v) is 14.1. The van der Waals surface area contributed by atoms with Gasteiger partial charge < -0.3 is 9.32 Å². The maximum Gasteiger partial charge on any atom is 0.255 e. The van der Waals surface area contributed by atoms with Gasteiger partial charge in [-0.1, -0.05) is 6.92 Å². The number of aromatic amines is 1. The highest BCUT2D eigenvalue weighted by atomic mass is 16.3. The zero-order chi connectivity index (χ0) is 16.5. The molecule has 6 nitrogen and oxygen atoms in total. The molecule has 4 rings (SSSR count). The van der Waals surface area contributed by atoms with Crippen molar-refractivity contribution in [2.75, 3.05) is 24.5 Å². The number of nitrogens with zero attached hydrogens (tertiary/aromatic N) is 3. The maximum absolute atomic E-state index is 12.5. The molecule has 128 valence electrons. The molecule has 0 radical (unpaired) electrons. The van der Waals surface area contributed by atoms with Crippen molar-refractivity contribution in [2.45, 2.75) is 39.3 Å². The van der Waals surface area contributed by atoms with Crippen LogP contribution in [0.1, 0.15) is 36.8 Å². The molecule has 1 fully saturated rings. The monoisotopic (exact) mass is 328 g/mol. The lowest BCUT2D eigenvalue weighted by atomic mass is 9.99. The first kappa shape index (κ1) is 15.4. The summed E-state index contributed by atoms with van der Waals surface area (Å²) < 4.78 is 5.44. The van der Waals surface area contributed by atoms with Crippen molar-refractivity contribution in [1.29, 1.82) is 0 Å². The van der Waals surface area contributed by atoms with E-state index in [9.17, 15) is 4.79 Å². The number of nitrogens with one attached hydrogen (secondary N) is 1. The fourth-order valence-electron chi connectivity index (χ4n) is 3.61. The lowest BCUT2D eigenvalue weighted by Crippen LogP contribution is -2.39. The second-order valence-corrected chi connectivity index (χ2v) is 7.02. The zero-order valence-electron chi connectivity index (χ0n) is 14.1. The molecule has 2 aromatic rings. The normalized spacial score (nSPS) is 19.5. The SMILES string of the molecule is CC1CCN(c2nc3c(c(=O)[nH]2)CCN(Cc2ccco2)C3)CC1. The Kier molecular flexibility index (Phi) is 4.14. The summed E-state index contributed by atoms with van der Waals surface area (Å²) in [5, 5.41) is 0. The molecule has 0 spiro atoms. The molecule has 0 aromatic carbocycles. The number of anilines is 1. The molecular formula is C18H24N4O2. The number of aromatic nitrogens is 2. The highest BCUT2D eigenvalue weighted by molar-refractivity contribution is 5.34. The van der Waals surface area contributed by atoms with Crippen molar-refractivity contribution in [3.8, 4) is 0 Å². The summed E-state index contributed by atoms with van der Waals surface area (Å²) in [5.74, 6) is 2.45. The highest BCUT2D eigenvalue weighted by Crippen LogP contribution is 2.22. The van der Waals surface area contributed by atoms with Gasteiger partial charge in [-0.3, -0.25) is 14.7 Å². The van der Waals surface area contributed by atoms with Gasteiger partial charge in [-0.25, -0.2) is 4.98 Å². The topological polar surface area (TPSA) is 65.4 Å². The maximum atomic E-state index is 12.5. The Labute approximate surface area is 141 Å². The van der Waals surface area contributed by atoms with E-state index in [2.05, 4.69) is 21.7 Å². The van der Waals surface area contributed by atoms with Gasteiger partial charge in [0.2, 0.25) is 5.95 Å². The van der Waals surface area contributed by atoms with E-state index in [-0.39, 0.29) is 5.56 Å². The summed E-state index contributed by atoms with van der Waals surface area (Å²) in [6, 6.07) is 3.90. The van der Waals surface area contributed by atoms with E-state index in [0.717, 1.165) is 74.3 Å². The van der Waals surface area contributed by atoms with Crippen LogP contribution < -0.4 is 10.5 Å². The van der Waals surface area contributed by atoms with Crippen LogP contribution in [0, 0.1) is 5.92 Å². The first-order valence-corrected chi connectivity index (χ1v) is 8.81. The predicted molar refractivity (Wildman–Crippen MR) is 92.0 cm³/mol. The van der Waals surface area contributed by atoms with Crippen molar-refractivity contribution in [3.63, 3.8) is 0 Å². The molecule has 24 heavy (non-hydrogen) atoms. The molecule has 2 aliphatic heterocycles. The number of H-pyrrole nitrogens is 1. The third-order valence-corrected chi connectivity index (χ3v) is 5.18. The fraction of sp³-hybridized carbons (Fsp3) is 0.556. The largest absolute Gasteiger partial charge is 0.468 e. The predicted octanol–water partition coefficient (Wildman–Crippen LogP) is 2.16. The van der Waals surface area contributed by atoms with Crippen LogP contribution in [0.15, 0.2) is 27.6 Å². The second-order valence-electron chi connectivity index (χ2n) is 7.02. The third-order valence-electron chi connectivity index (χ3n) is 5.18. The molecule has 0 unspecified atom stereocenters. The van der Waals surface area contributed by atoms with Crippen molar-refractivity contribution >= 4 is 5.95 Å². The molecule has 2 aliphatic rings. The number of furan rings is 1. The van der Waals surface area contributed by atoms with Crippen LogP contribution >= 0.6 is 0 Å². The minimum absolute atomic E-state index is 0.0336. The third kappa shape index (κ3) is 3.11. The van der Waals surface area contributed by atoms with Gasteiger partial charge >= 0.3 is 0 Å². The summed E-state index contributed by atoms with van der Waals surface area (Å²) >= 11 is 0. The average molecular weight is 328 g/mol.